The zero-order valence-electron chi connectivity index (χ0n) is 17.1. The van der Waals surface area contributed by atoms with Gasteiger partial charge in [0.25, 0.3) is 0 Å². The van der Waals surface area contributed by atoms with Crippen LogP contribution >= 0.6 is 0 Å². The average molecular weight is 369 g/mol. The molecule has 0 aromatic carbocycles. The van der Waals surface area contributed by atoms with Gasteiger partial charge >= 0.3 is 0 Å². The first-order valence-electron chi connectivity index (χ1n) is 10.6. The molecule has 2 unspecified atom stereocenters. The zero-order valence-corrected chi connectivity index (χ0v) is 17.1. The summed E-state index contributed by atoms with van der Waals surface area (Å²) in [6.45, 7) is 7.13. The van der Waals surface area contributed by atoms with Crippen molar-refractivity contribution in [2.24, 2.45) is 10.9 Å². The second-order valence-electron chi connectivity index (χ2n) is 7.79. The van der Waals surface area contributed by atoms with E-state index in [1.165, 1.54) is 32.1 Å². The van der Waals surface area contributed by atoms with Gasteiger partial charge in [-0.3, -0.25) is 4.99 Å². The summed E-state index contributed by atoms with van der Waals surface area (Å²) in [6.07, 6.45) is 9.18. The predicted molar refractivity (Wildman–Crippen MR) is 108 cm³/mol. The minimum absolute atomic E-state index is 0.299. The first kappa shape index (κ1) is 21.5. The van der Waals surface area contributed by atoms with Crippen LogP contribution in [0.5, 0.6) is 0 Å². The van der Waals surface area contributed by atoms with Crippen LogP contribution in [0.15, 0.2) is 4.99 Å². The maximum absolute atomic E-state index is 5.82. The molecule has 6 heteroatoms. The topological polar surface area (TPSA) is 58.1 Å². The summed E-state index contributed by atoms with van der Waals surface area (Å²) in [5.74, 6) is 1.71. The van der Waals surface area contributed by atoms with E-state index in [1.54, 1.807) is 0 Å². The van der Waals surface area contributed by atoms with Crippen LogP contribution in [-0.2, 0) is 9.47 Å². The molecule has 2 fully saturated rings. The van der Waals surface area contributed by atoms with Gasteiger partial charge in [0.05, 0.1) is 19.3 Å². The summed E-state index contributed by atoms with van der Waals surface area (Å²) in [5.41, 5.74) is 0. The second kappa shape index (κ2) is 12.5. The van der Waals surface area contributed by atoms with Crippen LogP contribution < -0.4 is 10.6 Å². The van der Waals surface area contributed by atoms with Crippen molar-refractivity contribution in [3.63, 3.8) is 0 Å². The molecular formula is C20H40N4O2. The molecule has 26 heavy (non-hydrogen) atoms. The van der Waals surface area contributed by atoms with Gasteiger partial charge in [0.2, 0.25) is 0 Å². The van der Waals surface area contributed by atoms with E-state index >= 15 is 0 Å². The highest BCUT2D eigenvalue weighted by molar-refractivity contribution is 5.79. The third-order valence-electron chi connectivity index (χ3n) is 5.49. The van der Waals surface area contributed by atoms with E-state index in [1.807, 2.05) is 0 Å². The molecule has 1 heterocycles. The van der Waals surface area contributed by atoms with E-state index in [9.17, 15) is 0 Å². The van der Waals surface area contributed by atoms with Crippen molar-refractivity contribution in [2.75, 3.05) is 53.6 Å². The van der Waals surface area contributed by atoms with Gasteiger partial charge in [0.1, 0.15) is 0 Å². The fourth-order valence-electron chi connectivity index (χ4n) is 3.95. The van der Waals surface area contributed by atoms with Crippen LogP contribution in [0.25, 0.3) is 0 Å². The van der Waals surface area contributed by atoms with E-state index in [-0.39, 0.29) is 0 Å². The van der Waals surface area contributed by atoms with Crippen LogP contribution in [-0.4, -0.2) is 76.6 Å². The van der Waals surface area contributed by atoms with E-state index in [4.69, 9.17) is 14.5 Å². The molecule has 1 saturated carbocycles. The van der Waals surface area contributed by atoms with Gasteiger partial charge in [0, 0.05) is 32.3 Å². The van der Waals surface area contributed by atoms with E-state index in [0.717, 1.165) is 64.2 Å². The lowest BCUT2D eigenvalue weighted by Gasteiger charge is -2.34. The van der Waals surface area contributed by atoms with Crippen LogP contribution in [0.4, 0.5) is 0 Å². The molecule has 2 aliphatic rings. The molecule has 1 saturated heterocycles. The molecule has 0 spiro atoms. The lowest BCUT2D eigenvalue weighted by atomic mass is 9.83. The number of ether oxygens (including phenoxy) is 2. The lowest BCUT2D eigenvalue weighted by Crippen LogP contribution is -2.42. The van der Waals surface area contributed by atoms with Crippen LogP contribution in [0.2, 0.25) is 0 Å². The number of nitrogens with zero attached hydrogens (tertiary/aromatic N) is 2. The van der Waals surface area contributed by atoms with Crippen molar-refractivity contribution in [1.82, 2.24) is 15.5 Å². The van der Waals surface area contributed by atoms with Crippen molar-refractivity contribution < 1.29 is 9.47 Å². The predicted octanol–water partition coefficient (Wildman–Crippen LogP) is 2.25. The summed E-state index contributed by atoms with van der Waals surface area (Å²) >= 11 is 0. The van der Waals surface area contributed by atoms with Crippen molar-refractivity contribution in [1.29, 1.82) is 0 Å². The standard InChI is InChI=1S/C20H40N4O2/c1-4-21-20(22-12-8-13-26-18-11-14-25-16-18)23-15-19(24(2)3)17-9-6-5-7-10-17/h17-19H,4-16H2,1-3H3,(H2,21,22,23). The molecule has 0 aromatic rings. The van der Waals surface area contributed by atoms with Gasteiger partial charge in [-0.2, -0.15) is 0 Å². The van der Waals surface area contributed by atoms with Gasteiger partial charge in [-0.1, -0.05) is 19.3 Å². The Balaban J connectivity index is 1.72. The number of guanidine groups is 1. The molecule has 0 radical (unpaired) electrons. The number of hydrogen-bond acceptors (Lipinski definition) is 4. The Kier molecular flexibility index (Phi) is 10.3. The largest absolute Gasteiger partial charge is 0.379 e. The first-order chi connectivity index (χ1) is 12.7. The van der Waals surface area contributed by atoms with Crippen LogP contribution in [0.3, 0.4) is 0 Å². The number of nitrogens with one attached hydrogen (secondary N) is 2. The van der Waals surface area contributed by atoms with Crippen LogP contribution in [0.1, 0.15) is 51.9 Å². The van der Waals surface area contributed by atoms with Gasteiger partial charge in [-0.05, 0) is 52.6 Å². The average Bonchev–Trinajstić information content (AvgIpc) is 3.15. The molecule has 152 valence electrons. The summed E-state index contributed by atoms with van der Waals surface area (Å²) in [7, 11) is 4.39. The lowest BCUT2D eigenvalue weighted by molar-refractivity contribution is 0.0420. The van der Waals surface area contributed by atoms with Gasteiger partial charge in [-0.15, -0.1) is 0 Å². The fourth-order valence-corrected chi connectivity index (χ4v) is 3.95. The molecule has 0 bridgehead atoms. The number of likely N-dealkylation sites (N-methyl/N-ethyl adjacent to an activating group) is 1. The fraction of sp³-hybridized carbons (Fsp3) is 0.950. The number of hydrogen-bond donors (Lipinski definition) is 2. The minimum atomic E-state index is 0.299. The van der Waals surface area contributed by atoms with Crippen LogP contribution in [0, 0.1) is 5.92 Å². The monoisotopic (exact) mass is 368 g/mol. The highest BCUT2D eigenvalue weighted by Gasteiger charge is 2.25. The van der Waals surface area contributed by atoms with Crippen molar-refractivity contribution in [3.8, 4) is 0 Å². The number of aliphatic imine (C=N–C) groups is 1. The molecule has 2 rings (SSSR count). The van der Waals surface area contributed by atoms with E-state index in [2.05, 4.69) is 36.6 Å². The number of rotatable bonds is 10. The third kappa shape index (κ3) is 7.80. The maximum atomic E-state index is 5.82. The molecule has 0 aromatic heterocycles. The molecular weight excluding hydrogens is 328 g/mol. The Morgan fingerprint density at radius 1 is 1.19 bits per heavy atom. The van der Waals surface area contributed by atoms with Gasteiger partial charge in [0.15, 0.2) is 5.96 Å². The molecule has 2 atom stereocenters. The maximum Gasteiger partial charge on any atom is 0.191 e. The van der Waals surface area contributed by atoms with Crippen molar-refractivity contribution in [3.05, 3.63) is 0 Å². The highest BCUT2D eigenvalue weighted by Crippen LogP contribution is 2.28. The Labute approximate surface area is 160 Å². The Hall–Kier alpha value is -0.850. The van der Waals surface area contributed by atoms with Crippen molar-refractivity contribution >= 4 is 5.96 Å². The Bertz CT molecular complexity index is 391. The zero-order chi connectivity index (χ0) is 18.6. The van der Waals surface area contributed by atoms with E-state index in [0.29, 0.717) is 12.1 Å². The molecule has 1 aliphatic heterocycles. The van der Waals surface area contributed by atoms with Gasteiger partial charge < -0.3 is 25.0 Å². The van der Waals surface area contributed by atoms with E-state index < -0.39 is 0 Å². The normalized spacial score (nSPS) is 23.4. The summed E-state index contributed by atoms with van der Waals surface area (Å²) in [6, 6.07) is 0.538. The molecule has 0 amide bonds. The Morgan fingerprint density at radius 2 is 2.00 bits per heavy atom. The molecule has 1 aliphatic carbocycles. The molecule has 6 nitrogen and oxygen atoms in total. The first-order valence-corrected chi connectivity index (χ1v) is 10.6. The highest BCUT2D eigenvalue weighted by atomic mass is 16.5. The summed E-state index contributed by atoms with van der Waals surface area (Å²) in [5, 5.41) is 6.82. The molecule has 2 N–H and O–H groups in total. The Morgan fingerprint density at radius 3 is 2.65 bits per heavy atom. The minimum Gasteiger partial charge on any atom is -0.379 e. The summed E-state index contributed by atoms with van der Waals surface area (Å²) in [4.78, 5) is 7.24. The third-order valence-corrected chi connectivity index (χ3v) is 5.49. The SMILES string of the molecule is CCNC(=NCC(C1CCCCC1)N(C)C)NCCCOC1CCOC1. The van der Waals surface area contributed by atoms with Gasteiger partial charge in [-0.25, -0.2) is 0 Å². The quantitative estimate of drug-likeness (QED) is 0.352. The summed E-state index contributed by atoms with van der Waals surface area (Å²) < 4.78 is 11.2. The second-order valence-corrected chi connectivity index (χ2v) is 7.79. The van der Waals surface area contributed by atoms with Crippen molar-refractivity contribution in [2.45, 2.75) is 64.0 Å². The smallest absolute Gasteiger partial charge is 0.191 e.